The molecule has 14 heavy (non-hydrogen) atoms. The summed E-state index contributed by atoms with van der Waals surface area (Å²) in [5, 5.41) is 0. The van der Waals surface area contributed by atoms with Gasteiger partial charge in [-0.1, -0.05) is 31.2 Å². The molecule has 1 aromatic rings. The van der Waals surface area contributed by atoms with Gasteiger partial charge in [0.05, 0.1) is 0 Å². The van der Waals surface area contributed by atoms with Crippen LogP contribution in [-0.2, 0) is 0 Å². The van der Waals surface area contributed by atoms with Crippen molar-refractivity contribution in [1.29, 1.82) is 0 Å². The molecule has 78 valence electrons. The number of aryl methyl sites for hydroxylation is 1. The van der Waals surface area contributed by atoms with Crippen LogP contribution in [0.25, 0.3) is 0 Å². The molecular weight excluding hydrogens is 231 g/mol. The van der Waals surface area contributed by atoms with E-state index < -0.39 is 7.42 Å². The van der Waals surface area contributed by atoms with E-state index in [1.165, 1.54) is 11.1 Å². The fourth-order valence-electron chi connectivity index (χ4n) is 1.77. The molecule has 1 aromatic carbocycles. The molecule has 0 aliphatic rings. The number of hydrogen-bond donors (Lipinski definition) is 0. The van der Waals surface area contributed by atoms with Gasteiger partial charge in [-0.15, -0.1) is 0 Å². The molecule has 0 saturated heterocycles. The Labute approximate surface area is 97.3 Å². The molecule has 0 heterocycles. The van der Waals surface area contributed by atoms with Crippen molar-refractivity contribution in [2.75, 3.05) is 0 Å². The molecule has 0 fully saturated rings. The van der Waals surface area contributed by atoms with Gasteiger partial charge in [-0.25, -0.2) is 0 Å². The van der Waals surface area contributed by atoms with Crippen molar-refractivity contribution in [3.63, 3.8) is 0 Å². The minimum atomic E-state index is -1.49. The predicted octanol–water partition coefficient (Wildman–Crippen LogP) is 4.19. The lowest BCUT2D eigenvalue weighted by Gasteiger charge is -2.17. The molecule has 0 saturated carbocycles. The molecule has 0 aliphatic heterocycles. The van der Waals surface area contributed by atoms with Crippen LogP contribution < -0.4 is 0 Å². The summed E-state index contributed by atoms with van der Waals surface area (Å²) in [4.78, 5) is 0. The number of rotatable bonds is 4. The SMILES string of the molecule is CCC(C[SiH](Cl)Cl)c1ccccc1C. The minimum absolute atomic E-state index is 0.544. The largest absolute Gasteiger partial charge is 0.237 e. The first-order valence-electron chi connectivity index (χ1n) is 4.98. The summed E-state index contributed by atoms with van der Waals surface area (Å²) in [5.74, 6) is 0.544. The second-order valence-corrected chi connectivity index (χ2v) is 8.67. The Balaban J connectivity index is 2.83. The molecular formula is C11H16Cl2Si. The van der Waals surface area contributed by atoms with Crippen LogP contribution in [0, 0.1) is 6.92 Å². The third kappa shape index (κ3) is 3.30. The van der Waals surface area contributed by atoms with Gasteiger partial charge in [0.15, 0.2) is 0 Å². The Morgan fingerprint density at radius 2 is 1.93 bits per heavy atom. The van der Waals surface area contributed by atoms with Crippen molar-refractivity contribution in [3.8, 4) is 0 Å². The highest BCUT2D eigenvalue weighted by molar-refractivity contribution is 7.33. The maximum absolute atomic E-state index is 5.96. The van der Waals surface area contributed by atoms with Crippen LogP contribution in [0.15, 0.2) is 24.3 Å². The quantitative estimate of drug-likeness (QED) is 0.553. The van der Waals surface area contributed by atoms with E-state index in [0.717, 1.165) is 12.5 Å². The lowest BCUT2D eigenvalue weighted by Crippen LogP contribution is -2.05. The summed E-state index contributed by atoms with van der Waals surface area (Å²) in [5.41, 5.74) is 2.76. The summed E-state index contributed by atoms with van der Waals surface area (Å²) < 4.78 is 0. The van der Waals surface area contributed by atoms with Gasteiger partial charge < -0.3 is 0 Å². The van der Waals surface area contributed by atoms with Crippen molar-refractivity contribution >= 4 is 29.6 Å². The number of benzene rings is 1. The Hall–Kier alpha value is 0.0169. The number of hydrogen-bond acceptors (Lipinski definition) is 0. The Kier molecular flexibility index (Phi) is 5.00. The highest BCUT2D eigenvalue weighted by Gasteiger charge is 2.15. The molecule has 1 unspecified atom stereocenters. The minimum Gasteiger partial charge on any atom is -0.150 e. The number of halogens is 2. The van der Waals surface area contributed by atoms with E-state index in [4.69, 9.17) is 22.2 Å². The summed E-state index contributed by atoms with van der Waals surface area (Å²) in [6, 6.07) is 9.47. The topological polar surface area (TPSA) is 0 Å². The fourth-order valence-corrected chi connectivity index (χ4v) is 4.08. The second-order valence-electron chi connectivity index (χ2n) is 3.59. The zero-order chi connectivity index (χ0) is 10.6. The molecule has 0 spiro atoms. The smallest absolute Gasteiger partial charge is 0.150 e. The molecule has 0 aliphatic carbocycles. The van der Waals surface area contributed by atoms with Crippen molar-refractivity contribution in [2.24, 2.45) is 0 Å². The third-order valence-corrected chi connectivity index (χ3v) is 4.58. The van der Waals surface area contributed by atoms with E-state index in [-0.39, 0.29) is 0 Å². The molecule has 1 rings (SSSR count). The fraction of sp³-hybridized carbons (Fsp3) is 0.455. The molecule has 0 radical (unpaired) electrons. The van der Waals surface area contributed by atoms with E-state index in [0.29, 0.717) is 5.92 Å². The summed E-state index contributed by atoms with van der Waals surface area (Å²) in [6.07, 6.45) is 1.12. The average Bonchev–Trinajstić information content (AvgIpc) is 2.15. The lowest BCUT2D eigenvalue weighted by atomic mass is 9.94. The molecule has 3 heteroatoms. The molecule has 0 aromatic heterocycles. The van der Waals surface area contributed by atoms with Gasteiger partial charge in [0.25, 0.3) is 0 Å². The van der Waals surface area contributed by atoms with Crippen LogP contribution in [-0.4, -0.2) is 7.42 Å². The van der Waals surface area contributed by atoms with Gasteiger partial charge in [0.2, 0.25) is 7.42 Å². The third-order valence-electron chi connectivity index (χ3n) is 2.58. The highest BCUT2D eigenvalue weighted by atomic mass is 35.7. The van der Waals surface area contributed by atoms with Crippen LogP contribution >= 0.6 is 22.2 Å². The maximum Gasteiger partial charge on any atom is 0.237 e. The monoisotopic (exact) mass is 246 g/mol. The maximum atomic E-state index is 5.96. The first-order valence-corrected chi connectivity index (χ1v) is 9.29. The van der Waals surface area contributed by atoms with Gasteiger partial charge in [-0.2, -0.15) is 22.2 Å². The molecule has 0 nitrogen and oxygen atoms in total. The van der Waals surface area contributed by atoms with E-state index in [9.17, 15) is 0 Å². The van der Waals surface area contributed by atoms with Crippen molar-refractivity contribution in [3.05, 3.63) is 35.4 Å². The van der Waals surface area contributed by atoms with Gasteiger partial charge in [0, 0.05) is 0 Å². The Bertz CT molecular complexity index is 286. The van der Waals surface area contributed by atoms with Crippen LogP contribution in [0.2, 0.25) is 6.04 Å². The first kappa shape index (κ1) is 12.1. The lowest BCUT2D eigenvalue weighted by molar-refractivity contribution is 0.725. The molecule has 0 N–H and O–H groups in total. The highest BCUT2D eigenvalue weighted by Crippen LogP contribution is 2.29. The summed E-state index contributed by atoms with van der Waals surface area (Å²) in [6.45, 7) is 4.35. The van der Waals surface area contributed by atoms with E-state index >= 15 is 0 Å². The van der Waals surface area contributed by atoms with Crippen molar-refractivity contribution in [1.82, 2.24) is 0 Å². The summed E-state index contributed by atoms with van der Waals surface area (Å²) in [7, 11) is -1.49. The average molecular weight is 247 g/mol. The molecule has 1 atom stereocenters. The van der Waals surface area contributed by atoms with Gasteiger partial charge in [-0.05, 0) is 36.4 Å². The van der Waals surface area contributed by atoms with Crippen molar-refractivity contribution in [2.45, 2.75) is 32.2 Å². The Morgan fingerprint density at radius 3 is 2.43 bits per heavy atom. The predicted molar refractivity (Wildman–Crippen MR) is 67.9 cm³/mol. The zero-order valence-corrected chi connectivity index (χ0v) is 11.3. The normalized spacial score (nSPS) is 13.2. The summed E-state index contributed by atoms with van der Waals surface area (Å²) >= 11 is 11.9. The Morgan fingerprint density at radius 1 is 1.29 bits per heavy atom. The zero-order valence-electron chi connectivity index (χ0n) is 8.63. The molecule has 0 amide bonds. The second kappa shape index (κ2) is 5.79. The van der Waals surface area contributed by atoms with E-state index in [2.05, 4.69) is 38.1 Å². The standard InChI is InChI=1S/C11H16Cl2Si/c1-3-10(8-14(12)13)11-7-5-4-6-9(11)2/h4-7,10,14H,3,8H2,1-2H3. The van der Waals surface area contributed by atoms with E-state index in [1.807, 2.05) is 0 Å². The van der Waals surface area contributed by atoms with Crippen LogP contribution in [0.3, 0.4) is 0 Å². The van der Waals surface area contributed by atoms with Crippen LogP contribution in [0.4, 0.5) is 0 Å². The van der Waals surface area contributed by atoms with Crippen molar-refractivity contribution < 1.29 is 0 Å². The van der Waals surface area contributed by atoms with E-state index in [1.54, 1.807) is 0 Å². The van der Waals surface area contributed by atoms with Gasteiger partial charge >= 0.3 is 0 Å². The first-order chi connectivity index (χ1) is 6.65. The van der Waals surface area contributed by atoms with Crippen LogP contribution in [0.1, 0.15) is 30.4 Å². The molecule has 0 bridgehead atoms. The van der Waals surface area contributed by atoms with Gasteiger partial charge in [0.1, 0.15) is 0 Å². The van der Waals surface area contributed by atoms with Crippen LogP contribution in [0.5, 0.6) is 0 Å². The van der Waals surface area contributed by atoms with Gasteiger partial charge in [-0.3, -0.25) is 0 Å².